The zero-order chi connectivity index (χ0) is 28.7. The number of benzene rings is 2. The minimum Gasteiger partial charge on any atom is -0.399 e. The summed E-state index contributed by atoms with van der Waals surface area (Å²) in [6.07, 6.45) is 0.412. The molecule has 11 nitrogen and oxygen atoms in total. The molecule has 1 amide bonds. The number of nitrogens with one attached hydrogen (secondary N) is 1. The molecule has 0 aliphatic carbocycles. The van der Waals surface area contributed by atoms with Gasteiger partial charge in [0.25, 0.3) is 0 Å². The Morgan fingerprint density at radius 2 is 1.72 bits per heavy atom. The predicted octanol–water partition coefficient (Wildman–Crippen LogP) is 1.15. The van der Waals surface area contributed by atoms with Crippen LogP contribution in [-0.4, -0.2) is 58.5 Å². The normalized spacial score (nSPS) is 13.4. The Morgan fingerprint density at radius 3 is 2.33 bits per heavy atom. The summed E-state index contributed by atoms with van der Waals surface area (Å²) in [4.78, 5) is 29.0. The van der Waals surface area contributed by atoms with Crippen LogP contribution in [0.15, 0.2) is 70.5 Å². The van der Waals surface area contributed by atoms with Gasteiger partial charge in [-0.1, -0.05) is 44.2 Å². The predicted molar refractivity (Wildman–Crippen MR) is 150 cm³/mol. The highest BCUT2D eigenvalue weighted by Crippen LogP contribution is 2.20. The molecule has 0 saturated carbocycles. The van der Waals surface area contributed by atoms with E-state index in [1.807, 2.05) is 44.2 Å². The molecule has 0 fully saturated rings. The number of carbonyl (C=O) groups is 1. The van der Waals surface area contributed by atoms with Gasteiger partial charge in [0.15, 0.2) is 0 Å². The fourth-order valence-corrected chi connectivity index (χ4v) is 5.71. The topological polar surface area (TPSA) is 174 Å². The molecule has 0 aliphatic heterocycles. The zero-order valence-corrected chi connectivity index (χ0v) is 23.1. The number of anilines is 2. The molecule has 1 aromatic heterocycles. The monoisotopic (exact) mass is 556 g/mol. The average molecular weight is 557 g/mol. The lowest BCUT2D eigenvalue weighted by molar-refractivity contribution is -0.123. The Hall–Kier alpha value is -3.74. The molecular formula is C27H36N6O5S. The Kier molecular flexibility index (Phi) is 9.84. The molecule has 3 aromatic rings. The fourth-order valence-electron chi connectivity index (χ4n) is 4.09. The second kappa shape index (κ2) is 12.9. The van der Waals surface area contributed by atoms with Gasteiger partial charge in [-0.3, -0.25) is 9.36 Å². The second-order valence-corrected chi connectivity index (χ2v) is 11.9. The molecule has 0 spiro atoms. The van der Waals surface area contributed by atoms with Crippen molar-refractivity contribution in [3.63, 3.8) is 0 Å². The Bertz CT molecular complexity index is 1430. The number of hydrogen-bond donors (Lipinski definition) is 4. The van der Waals surface area contributed by atoms with E-state index in [-0.39, 0.29) is 42.7 Å². The number of aliphatic hydroxyl groups excluding tert-OH is 1. The molecule has 1 heterocycles. The number of nitrogens with two attached hydrogens (primary N) is 2. The molecular weight excluding hydrogens is 520 g/mol. The third kappa shape index (κ3) is 8.12. The van der Waals surface area contributed by atoms with Crippen LogP contribution in [0.5, 0.6) is 0 Å². The van der Waals surface area contributed by atoms with E-state index < -0.39 is 33.8 Å². The van der Waals surface area contributed by atoms with Crippen LogP contribution >= 0.6 is 0 Å². The third-order valence-electron chi connectivity index (χ3n) is 6.12. The third-order valence-corrected chi connectivity index (χ3v) is 7.96. The summed E-state index contributed by atoms with van der Waals surface area (Å²) < 4.78 is 29.3. The highest BCUT2D eigenvalue weighted by Gasteiger charge is 2.31. The van der Waals surface area contributed by atoms with Crippen molar-refractivity contribution >= 4 is 27.4 Å². The van der Waals surface area contributed by atoms with Gasteiger partial charge in [0.05, 0.1) is 17.0 Å². The van der Waals surface area contributed by atoms with Crippen LogP contribution in [0.1, 0.15) is 25.0 Å². The van der Waals surface area contributed by atoms with E-state index in [1.165, 1.54) is 34.8 Å². The highest BCUT2D eigenvalue weighted by atomic mass is 32.2. The van der Waals surface area contributed by atoms with Crippen molar-refractivity contribution in [2.45, 2.75) is 50.8 Å². The number of rotatable bonds is 12. The summed E-state index contributed by atoms with van der Waals surface area (Å²) in [5.74, 6) is -0.488. The molecule has 2 aromatic carbocycles. The minimum atomic E-state index is -3.97. The summed E-state index contributed by atoms with van der Waals surface area (Å²) in [5.41, 5.74) is 12.5. The van der Waals surface area contributed by atoms with Crippen LogP contribution in [0, 0.1) is 12.8 Å². The van der Waals surface area contributed by atoms with Crippen LogP contribution in [-0.2, 0) is 27.8 Å². The molecule has 0 bridgehead atoms. The van der Waals surface area contributed by atoms with Gasteiger partial charge < -0.3 is 21.9 Å². The summed E-state index contributed by atoms with van der Waals surface area (Å²) in [5, 5.41) is 14.1. The molecule has 6 N–H and O–H groups in total. The maximum atomic E-state index is 13.5. The quantitative estimate of drug-likeness (QED) is 0.240. The van der Waals surface area contributed by atoms with Gasteiger partial charge in [0.1, 0.15) is 12.4 Å². The number of amides is 1. The molecule has 0 radical (unpaired) electrons. The van der Waals surface area contributed by atoms with Gasteiger partial charge in [-0.25, -0.2) is 13.2 Å². The van der Waals surface area contributed by atoms with E-state index in [1.54, 1.807) is 6.92 Å². The van der Waals surface area contributed by atoms with E-state index in [2.05, 4.69) is 10.3 Å². The van der Waals surface area contributed by atoms with Crippen LogP contribution in [0.3, 0.4) is 0 Å². The average Bonchev–Trinajstić information content (AvgIpc) is 2.87. The maximum Gasteiger partial charge on any atom is 0.349 e. The molecule has 210 valence electrons. The summed E-state index contributed by atoms with van der Waals surface area (Å²) in [7, 11) is -3.97. The van der Waals surface area contributed by atoms with Crippen molar-refractivity contribution in [1.29, 1.82) is 0 Å². The fraction of sp³-hybridized carbons (Fsp3) is 0.370. The number of hydrogen-bond acceptors (Lipinski definition) is 8. The Balaban J connectivity index is 1.86. The number of aliphatic hydroxyl groups is 1. The van der Waals surface area contributed by atoms with Crippen molar-refractivity contribution in [3.8, 4) is 0 Å². The SMILES string of the molecule is Cc1cn(CC(=O)N[C@@H](Cc2ccccc2)[C@H](O)CN(CC(C)C)S(=O)(=O)c2ccc(N)cc2)c(=O)nc1N. The molecule has 12 heteroatoms. The van der Waals surface area contributed by atoms with Crippen molar-refractivity contribution in [2.75, 3.05) is 24.6 Å². The van der Waals surface area contributed by atoms with Gasteiger partial charge in [0, 0.05) is 30.5 Å². The number of nitrogen functional groups attached to an aromatic ring is 2. The lowest BCUT2D eigenvalue weighted by atomic mass is 10.0. The van der Waals surface area contributed by atoms with Crippen molar-refractivity contribution in [3.05, 3.63) is 82.4 Å². The van der Waals surface area contributed by atoms with E-state index in [0.717, 1.165) is 10.1 Å². The first-order chi connectivity index (χ1) is 18.4. The highest BCUT2D eigenvalue weighted by molar-refractivity contribution is 7.89. The largest absolute Gasteiger partial charge is 0.399 e. The van der Waals surface area contributed by atoms with E-state index >= 15 is 0 Å². The zero-order valence-electron chi connectivity index (χ0n) is 22.3. The van der Waals surface area contributed by atoms with Gasteiger partial charge in [-0.15, -0.1) is 0 Å². The Labute approximate surface area is 228 Å². The number of carbonyl (C=O) groups excluding carboxylic acids is 1. The van der Waals surface area contributed by atoms with Crippen LogP contribution < -0.4 is 22.5 Å². The minimum absolute atomic E-state index is 0.0314. The molecule has 0 saturated heterocycles. The molecule has 0 unspecified atom stereocenters. The molecule has 0 aliphatic rings. The van der Waals surface area contributed by atoms with Gasteiger partial charge in [-0.2, -0.15) is 9.29 Å². The number of sulfonamides is 1. The smallest absolute Gasteiger partial charge is 0.349 e. The second-order valence-electron chi connectivity index (χ2n) is 9.94. The standard InChI is InChI=1S/C27H36N6O5S/c1-18(2)14-33(39(37,38)22-11-9-21(28)10-12-22)16-24(34)23(13-20-7-5-4-6-8-20)30-25(35)17-32-15-19(3)26(29)31-27(32)36/h4-12,15,18,23-24,34H,13-14,16-17,28H2,1-3H3,(H,30,35)(H2,29,31,36)/t23-,24+/m0/s1. The van der Waals surface area contributed by atoms with Crippen LogP contribution in [0.2, 0.25) is 0 Å². The maximum absolute atomic E-state index is 13.5. The van der Waals surface area contributed by atoms with Crippen molar-refractivity contribution < 1.29 is 18.3 Å². The van der Waals surface area contributed by atoms with E-state index in [4.69, 9.17) is 11.5 Å². The van der Waals surface area contributed by atoms with Crippen LogP contribution in [0.4, 0.5) is 11.5 Å². The van der Waals surface area contributed by atoms with E-state index in [9.17, 15) is 23.1 Å². The number of aromatic nitrogens is 2. The first-order valence-electron chi connectivity index (χ1n) is 12.6. The van der Waals surface area contributed by atoms with Crippen molar-refractivity contribution in [1.82, 2.24) is 19.2 Å². The van der Waals surface area contributed by atoms with Gasteiger partial charge in [-0.05, 0) is 49.1 Å². The number of nitrogens with zero attached hydrogens (tertiary/aromatic N) is 3. The van der Waals surface area contributed by atoms with Crippen molar-refractivity contribution in [2.24, 2.45) is 5.92 Å². The first kappa shape index (κ1) is 29.8. The first-order valence-corrected chi connectivity index (χ1v) is 14.0. The van der Waals surface area contributed by atoms with Gasteiger partial charge >= 0.3 is 5.69 Å². The Morgan fingerprint density at radius 1 is 1.08 bits per heavy atom. The van der Waals surface area contributed by atoms with Crippen LogP contribution in [0.25, 0.3) is 0 Å². The lowest BCUT2D eigenvalue weighted by Gasteiger charge is -2.31. The van der Waals surface area contributed by atoms with Gasteiger partial charge in [0.2, 0.25) is 15.9 Å². The summed E-state index contributed by atoms with van der Waals surface area (Å²) in [6, 6.07) is 14.2. The lowest BCUT2D eigenvalue weighted by Crippen LogP contribution is -2.52. The summed E-state index contributed by atoms with van der Waals surface area (Å²) in [6.45, 7) is 4.98. The van der Waals surface area contributed by atoms with E-state index in [0.29, 0.717) is 11.3 Å². The molecule has 2 atom stereocenters. The molecule has 39 heavy (non-hydrogen) atoms. The molecule has 3 rings (SSSR count). The number of aryl methyl sites for hydroxylation is 1. The summed E-state index contributed by atoms with van der Waals surface area (Å²) >= 11 is 0.